The van der Waals surface area contributed by atoms with E-state index in [2.05, 4.69) is 4.98 Å². The Bertz CT molecular complexity index is 1190. The number of aromatic nitrogens is 1. The first-order valence-corrected chi connectivity index (χ1v) is 14.0. The minimum atomic E-state index is -0.969. The van der Waals surface area contributed by atoms with Crippen molar-refractivity contribution in [2.75, 3.05) is 7.11 Å². The number of hydrogen-bond donors (Lipinski definition) is 2. The molecule has 3 heterocycles. The van der Waals surface area contributed by atoms with Crippen molar-refractivity contribution in [1.29, 1.82) is 0 Å². The summed E-state index contributed by atoms with van der Waals surface area (Å²) in [6.45, 7) is 8.75. The Hall–Kier alpha value is -2.95. The first-order chi connectivity index (χ1) is 19.0. The van der Waals surface area contributed by atoms with E-state index in [0.717, 1.165) is 5.57 Å². The lowest BCUT2D eigenvalue weighted by atomic mass is 9.57. The van der Waals surface area contributed by atoms with Gasteiger partial charge in [0.05, 0.1) is 6.10 Å². The van der Waals surface area contributed by atoms with E-state index < -0.39 is 66.1 Å². The van der Waals surface area contributed by atoms with Crippen LogP contribution in [0.15, 0.2) is 42.1 Å². The summed E-state index contributed by atoms with van der Waals surface area (Å²) in [5.74, 6) is -3.12. The molecule has 1 spiro atoms. The van der Waals surface area contributed by atoms with Crippen LogP contribution in [0.25, 0.3) is 0 Å². The van der Waals surface area contributed by atoms with Gasteiger partial charge in [-0.15, -0.1) is 0 Å². The van der Waals surface area contributed by atoms with Gasteiger partial charge in [-0.3, -0.25) is 4.79 Å². The second kappa shape index (κ2) is 10.8. The summed E-state index contributed by atoms with van der Waals surface area (Å²) in [5.41, 5.74) is 0.236. The van der Waals surface area contributed by atoms with Gasteiger partial charge >= 0.3 is 17.9 Å². The minimum absolute atomic E-state index is 0.200. The van der Waals surface area contributed by atoms with Crippen molar-refractivity contribution in [2.24, 2.45) is 29.6 Å². The van der Waals surface area contributed by atoms with Gasteiger partial charge in [0.2, 0.25) is 0 Å². The first kappa shape index (κ1) is 28.6. The van der Waals surface area contributed by atoms with E-state index >= 15 is 0 Å². The van der Waals surface area contributed by atoms with Crippen LogP contribution < -0.4 is 0 Å². The van der Waals surface area contributed by atoms with Gasteiger partial charge in [0, 0.05) is 49.8 Å². The number of methoxy groups -OCH3 is 1. The second-order valence-electron chi connectivity index (χ2n) is 11.7. The van der Waals surface area contributed by atoms with Crippen LogP contribution in [-0.4, -0.2) is 77.3 Å². The molecule has 12 atom stereocenters. The predicted molar refractivity (Wildman–Crippen MR) is 142 cm³/mol. The Morgan fingerprint density at radius 2 is 2.00 bits per heavy atom. The number of aromatic amines is 1. The Morgan fingerprint density at radius 1 is 1.25 bits per heavy atom. The number of esters is 3. The lowest BCUT2D eigenvalue weighted by molar-refractivity contribution is -0.178. The number of aliphatic hydroxyl groups excluding tert-OH is 1. The van der Waals surface area contributed by atoms with Crippen LogP contribution in [-0.2, 0) is 33.3 Å². The molecule has 218 valence electrons. The van der Waals surface area contributed by atoms with Gasteiger partial charge in [0.15, 0.2) is 6.10 Å². The van der Waals surface area contributed by atoms with Crippen molar-refractivity contribution in [2.45, 2.75) is 83.3 Å². The molecule has 1 saturated heterocycles. The van der Waals surface area contributed by atoms with Crippen LogP contribution in [0.5, 0.6) is 0 Å². The number of ether oxygens (including phenoxy) is 5. The van der Waals surface area contributed by atoms with Crippen molar-refractivity contribution in [3.63, 3.8) is 0 Å². The number of nitrogens with one attached hydrogen (secondary N) is 1. The van der Waals surface area contributed by atoms with E-state index in [1.807, 2.05) is 39.0 Å². The second-order valence-corrected chi connectivity index (χ2v) is 11.7. The lowest BCUT2D eigenvalue weighted by Crippen LogP contribution is -2.57. The summed E-state index contributed by atoms with van der Waals surface area (Å²) < 4.78 is 29.9. The fourth-order valence-corrected chi connectivity index (χ4v) is 7.46. The zero-order valence-corrected chi connectivity index (χ0v) is 23.7. The number of cyclic esters (lactones) is 1. The zero-order chi connectivity index (χ0) is 28.9. The number of aliphatic hydroxyl groups is 1. The highest BCUT2D eigenvalue weighted by molar-refractivity contribution is 5.87. The molecule has 5 rings (SSSR count). The number of hydrogen-bond acceptors (Lipinski definition) is 9. The molecular weight excluding hydrogens is 518 g/mol. The largest absolute Gasteiger partial charge is 0.459 e. The van der Waals surface area contributed by atoms with E-state index in [1.54, 1.807) is 25.3 Å². The molecule has 10 heteroatoms. The third kappa shape index (κ3) is 4.59. The van der Waals surface area contributed by atoms with Crippen molar-refractivity contribution in [3.8, 4) is 0 Å². The number of carbonyl (C=O) groups is 3. The Morgan fingerprint density at radius 3 is 2.65 bits per heavy atom. The summed E-state index contributed by atoms with van der Waals surface area (Å²) in [5, 5.41) is 11.8. The summed E-state index contributed by atoms with van der Waals surface area (Å²) in [6, 6.07) is 3.36. The molecular formula is C30H39NO9. The molecule has 40 heavy (non-hydrogen) atoms. The van der Waals surface area contributed by atoms with Gasteiger partial charge in [-0.1, -0.05) is 32.1 Å². The average molecular weight is 558 g/mol. The molecule has 0 amide bonds. The van der Waals surface area contributed by atoms with Gasteiger partial charge in [0.1, 0.15) is 35.7 Å². The van der Waals surface area contributed by atoms with Gasteiger partial charge in [-0.25, -0.2) is 9.59 Å². The van der Waals surface area contributed by atoms with Crippen LogP contribution in [0.1, 0.15) is 51.5 Å². The lowest BCUT2D eigenvalue weighted by Gasteiger charge is -2.48. The van der Waals surface area contributed by atoms with E-state index in [9.17, 15) is 19.5 Å². The highest BCUT2D eigenvalue weighted by Gasteiger charge is 2.69. The highest BCUT2D eigenvalue weighted by Crippen LogP contribution is 2.61. The van der Waals surface area contributed by atoms with Crippen LogP contribution in [0.4, 0.5) is 0 Å². The van der Waals surface area contributed by atoms with Crippen LogP contribution in [0, 0.1) is 29.6 Å². The molecule has 2 aliphatic heterocycles. The minimum Gasteiger partial charge on any atom is -0.459 e. The van der Waals surface area contributed by atoms with Crippen molar-refractivity contribution in [1.82, 2.24) is 4.98 Å². The van der Waals surface area contributed by atoms with Gasteiger partial charge < -0.3 is 33.8 Å². The van der Waals surface area contributed by atoms with Crippen molar-refractivity contribution in [3.05, 3.63) is 47.8 Å². The summed E-state index contributed by atoms with van der Waals surface area (Å²) in [6.07, 6.45) is 3.58. The molecule has 1 saturated carbocycles. The van der Waals surface area contributed by atoms with Crippen molar-refractivity contribution >= 4 is 17.9 Å². The molecule has 4 bridgehead atoms. The smallest absolute Gasteiger partial charge is 0.355 e. The fourth-order valence-electron chi connectivity index (χ4n) is 7.46. The predicted octanol–water partition coefficient (Wildman–Crippen LogP) is 2.97. The van der Waals surface area contributed by atoms with E-state index in [-0.39, 0.29) is 30.1 Å². The third-order valence-electron chi connectivity index (χ3n) is 9.28. The maximum Gasteiger partial charge on any atom is 0.355 e. The highest BCUT2D eigenvalue weighted by atomic mass is 16.6. The van der Waals surface area contributed by atoms with Crippen molar-refractivity contribution < 1.29 is 43.2 Å². The normalized spacial score (nSPS) is 42.6. The molecule has 2 fully saturated rings. The first-order valence-electron chi connectivity index (χ1n) is 14.0. The van der Waals surface area contributed by atoms with Gasteiger partial charge in [-0.05, 0) is 38.0 Å². The molecule has 10 nitrogen and oxygen atoms in total. The monoisotopic (exact) mass is 557 g/mol. The van der Waals surface area contributed by atoms with Crippen LogP contribution in [0.3, 0.4) is 0 Å². The quantitative estimate of drug-likeness (QED) is 0.318. The van der Waals surface area contributed by atoms with E-state index in [4.69, 9.17) is 23.7 Å². The molecule has 4 aliphatic rings. The summed E-state index contributed by atoms with van der Waals surface area (Å²) in [4.78, 5) is 40.8. The van der Waals surface area contributed by atoms with E-state index in [1.165, 1.54) is 14.0 Å². The molecule has 0 aromatic carbocycles. The maximum atomic E-state index is 13.3. The molecule has 0 radical (unpaired) electrons. The molecule has 2 aliphatic carbocycles. The standard InChI is InChI=1S/C30H39NO9/c1-14-12-15(2)30-19(13-22(36-6)29(35)38-25(14)17(4)37-18(5)32)9-10-20-23(30)24(33)16(3)26(27(20)40-30)39-28(34)21-8-7-11-31-21/h7-12,14,16-17,19-20,22-27,31,33H,13H2,1-6H3/b15-12+/t14-,16-,17-,19-,20-,22+,23+,24-,25+,26-,27-,30+/m1/s1. The summed E-state index contributed by atoms with van der Waals surface area (Å²) >= 11 is 0. The summed E-state index contributed by atoms with van der Waals surface area (Å²) in [7, 11) is 1.46. The Kier molecular flexibility index (Phi) is 7.71. The van der Waals surface area contributed by atoms with Crippen LogP contribution in [0.2, 0.25) is 0 Å². The fraction of sp³-hybridized carbons (Fsp3) is 0.633. The molecule has 1 aromatic rings. The zero-order valence-electron chi connectivity index (χ0n) is 23.7. The maximum absolute atomic E-state index is 13.3. The topological polar surface area (TPSA) is 133 Å². The Balaban J connectivity index is 1.56. The third-order valence-corrected chi connectivity index (χ3v) is 9.28. The van der Waals surface area contributed by atoms with E-state index in [0.29, 0.717) is 5.69 Å². The van der Waals surface area contributed by atoms with Crippen LogP contribution >= 0.6 is 0 Å². The number of carbonyl (C=O) groups excluding carboxylic acids is 3. The van der Waals surface area contributed by atoms with Gasteiger partial charge in [0.25, 0.3) is 0 Å². The Labute approximate surface area is 234 Å². The average Bonchev–Trinajstić information content (AvgIpc) is 3.50. The van der Waals surface area contributed by atoms with Gasteiger partial charge in [-0.2, -0.15) is 0 Å². The molecule has 2 N–H and O–H groups in total. The number of rotatable bonds is 5. The number of H-pyrrole nitrogens is 1. The molecule has 1 aromatic heterocycles. The SMILES string of the molecule is CO[C@H]1C[C@H]2C=C[C@H]3[C@H]4O[C@]2(/C(C)=C/[C@@H](C)[C@@H]([C@@H](C)OC(C)=O)OC1=O)[C@@H]3[C@H](O)[C@@H](C)[C@H]4OC(=O)c1ccc[nH]1. The molecule has 0 unspecified atom stereocenters.